The minimum absolute atomic E-state index is 0.179. The lowest BCUT2D eigenvalue weighted by molar-refractivity contribution is -0.164. The summed E-state index contributed by atoms with van der Waals surface area (Å²) in [5.74, 6) is -4.87. The van der Waals surface area contributed by atoms with Crippen LogP contribution in [0.1, 0.15) is 51.4 Å². The van der Waals surface area contributed by atoms with Gasteiger partial charge in [0.2, 0.25) is 11.8 Å². The van der Waals surface area contributed by atoms with Gasteiger partial charge in [0.1, 0.15) is 6.54 Å². The number of hydrogen-bond acceptors (Lipinski definition) is 7. The van der Waals surface area contributed by atoms with Crippen molar-refractivity contribution in [2.24, 2.45) is 5.92 Å². The molecule has 3 rings (SSSR count). The number of aliphatic hydroxyl groups excluding tert-OH is 3. The Morgan fingerprint density at radius 2 is 1.50 bits per heavy atom. The van der Waals surface area contributed by atoms with Gasteiger partial charge in [-0.25, -0.2) is 4.79 Å². The molecule has 1 aliphatic heterocycles. The lowest BCUT2D eigenvalue weighted by Gasteiger charge is -2.49. The van der Waals surface area contributed by atoms with Gasteiger partial charge in [-0.1, -0.05) is 0 Å². The summed E-state index contributed by atoms with van der Waals surface area (Å²) in [6.07, 6.45) is 0.584. The molecule has 168 valence electrons. The molecule has 6 atom stereocenters. The molecule has 2 aliphatic carbocycles. The van der Waals surface area contributed by atoms with Gasteiger partial charge in [0.25, 0.3) is 0 Å². The highest BCUT2D eigenvalue weighted by Crippen LogP contribution is 2.34. The van der Waals surface area contributed by atoms with E-state index in [2.05, 4.69) is 5.32 Å². The standard InChI is InChI=1S/C19H29N3O8/c23-12-5-1-3-10(7-12)21-17(28)15(16(27)20-9-14(25)26)18(29)22(19(21)30)11-4-2-6-13(24)8-11/h10-13,15,17,23-24,28H,1-9H2,(H,20,27)(H,25,26)/t10-,11+,12-,13-,15?,17?/m0/s1. The van der Waals surface area contributed by atoms with Crippen LogP contribution < -0.4 is 5.32 Å². The zero-order chi connectivity index (χ0) is 22.0. The predicted molar refractivity (Wildman–Crippen MR) is 101 cm³/mol. The summed E-state index contributed by atoms with van der Waals surface area (Å²) >= 11 is 0. The molecule has 1 heterocycles. The van der Waals surface area contributed by atoms with E-state index in [0.717, 1.165) is 9.80 Å². The fraction of sp³-hybridized carbons (Fsp3) is 0.789. The first-order chi connectivity index (χ1) is 14.2. The van der Waals surface area contributed by atoms with Crippen LogP contribution in [0.25, 0.3) is 0 Å². The Bertz CT molecular complexity index is 701. The van der Waals surface area contributed by atoms with E-state index in [0.29, 0.717) is 38.5 Å². The average molecular weight is 427 g/mol. The summed E-state index contributed by atoms with van der Waals surface area (Å²) in [5, 5.41) is 41.8. The largest absolute Gasteiger partial charge is 0.480 e. The van der Waals surface area contributed by atoms with E-state index in [9.17, 15) is 34.5 Å². The number of nitrogens with zero attached hydrogens (tertiary/aromatic N) is 2. The van der Waals surface area contributed by atoms with Crippen molar-refractivity contribution < 1.29 is 39.6 Å². The monoisotopic (exact) mass is 427 g/mol. The first-order valence-electron chi connectivity index (χ1n) is 10.4. The first kappa shape index (κ1) is 22.4. The molecular formula is C19H29N3O8. The van der Waals surface area contributed by atoms with Gasteiger partial charge in [0, 0.05) is 12.1 Å². The molecule has 1 saturated heterocycles. The second-order valence-corrected chi connectivity index (χ2v) is 8.35. The summed E-state index contributed by atoms with van der Waals surface area (Å²) in [6, 6.07) is -1.92. The number of hydrogen-bond donors (Lipinski definition) is 5. The number of carbonyl (C=O) groups is 4. The van der Waals surface area contributed by atoms with Crippen LogP contribution in [0.2, 0.25) is 0 Å². The Labute approximate surface area is 173 Å². The fourth-order valence-electron chi connectivity index (χ4n) is 4.76. The number of nitrogens with one attached hydrogen (secondary N) is 1. The molecule has 3 aliphatic rings. The molecule has 0 aromatic carbocycles. The minimum atomic E-state index is -1.76. The zero-order valence-corrected chi connectivity index (χ0v) is 16.6. The Hall–Kier alpha value is -2.24. The van der Waals surface area contributed by atoms with Crippen LogP contribution in [0.4, 0.5) is 4.79 Å². The Balaban J connectivity index is 1.91. The van der Waals surface area contributed by atoms with Gasteiger partial charge >= 0.3 is 12.0 Å². The van der Waals surface area contributed by atoms with Gasteiger partial charge in [0.05, 0.1) is 12.2 Å². The maximum Gasteiger partial charge on any atom is 0.329 e. The van der Waals surface area contributed by atoms with Crippen molar-refractivity contribution >= 4 is 23.8 Å². The number of imide groups is 1. The van der Waals surface area contributed by atoms with E-state index >= 15 is 0 Å². The predicted octanol–water partition coefficient (Wildman–Crippen LogP) is -1.01. The molecule has 0 spiro atoms. The third-order valence-corrected chi connectivity index (χ3v) is 6.21. The highest BCUT2D eigenvalue weighted by molar-refractivity contribution is 6.09. The number of amides is 4. The normalized spacial score (nSPS) is 35.3. The van der Waals surface area contributed by atoms with Crippen molar-refractivity contribution in [1.29, 1.82) is 0 Å². The van der Waals surface area contributed by atoms with Crippen LogP contribution >= 0.6 is 0 Å². The Morgan fingerprint density at radius 1 is 0.933 bits per heavy atom. The summed E-state index contributed by atoms with van der Waals surface area (Å²) in [6.45, 7) is -0.729. The molecular weight excluding hydrogens is 398 g/mol. The van der Waals surface area contributed by atoms with E-state index in [1.54, 1.807) is 0 Å². The van der Waals surface area contributed by atoms with Crippen LogP contribution in [-0.2, 0) is 14.4 Å². The molecule has 0 bridgehead atoms. The molecule has 0 aromatic heterocycles. The smallest absolute Gasteiger partial charge is 0.329 e. The Kier molecular flexibility index (Phi) is 6.94. The van der Waals surface area contributed by atoms with Crippen molar-refractivity contribution in [2.45, 2.75) is 81.9 Å². The van der Waals surface area contributed by atoms with Gasteiger partial charge in [-0.2, -0.15) is 0 Å². The maximum absolute atomic E-state index is 13.3. The van der Waals surface area contributed by atoms with Crippen molar-refractivity contribution in [1.82, 2.24) is 15.1 Å². The molecule has 2 unspecified atom stereocenters. The van der Waals surface area contributed by atoms with E-state index < -0.39 is 66.8 Å². The van der Waals surface area contributed by atoms with Crippen LogP contribution in [0.5, 0.6) is 0 Å². The van der Waals surface area contributed by atoms with Gasteiger partial charge in [-0.15, -0.1) is 0 Å². The second-order valence-electron chi connectivity index (χ2n) is 8.35. The number of carboxylic acid groups (broad SMARTS) is 1. The first-order valence-corrected chi connectivity index (χ1v) is 10.4. The molecule has 3 fully saturated rings. The SMILES string of the molecule is O=C(O)CNC(=O)C1C(=O)N([C@@H]2CCC[C@H](O)C2)C(=O)N([C@H]2CCC[C@H](O)C2)C1O. The molecule has 11 heteroatoms. The molecule has 0 aromatic rings. The topological polar surface area (TPSA) is 168 Å². The highest BCUT2D eigenvalue weighted by Gasteiger charge is 2.53. The molecule has 11 nitrogen and oxygen atoms in total. The molecule has 4 amide bonds. The zero-order valence-electron chi connectivity index (χ0n) is 16.6. The van der Waals surface area contributed by atoms with E-state index in [-0.39, 0.29) is 12.8 Å². The number of urea groups is 1. The number of aliphatic carboxylic acids is 1. The average Bonchev–Trinajstić information content (AvgIpc) is 2.66. The molecule has 0 radical (unpaired) electrons. The number of carboxylic acids is 1. The third kappa shape index (κ3) is 4.57. The summed E-state index contributed by atoms with van der Waals surface area (Å²) in [4.78, 5) is 51.8. The summed E-state index contributed by atoms with van der Waals surface area (Å²) in [7, 11) is 0. The van der Waals surface area contributed by atoms with Crippen molar-refractivity contribution in [3.05, 3.63) is 0 Å². The number of rotatable bonds is 5. The number of aliphatic hydroxyl groups is 3. The third-order valence-electron chi connectivity index (χ3n) is 6.21. The van der Waals surface area contributed by atoms with E-state index in [4.69, 9.17) is 5.11 Å². The summed E-state index contributed by atoms with van der Waals surface area (Å²) in [5.41, 5.74) is 0. The molecule has 5 N–H and O–H groups in total. The van der Waals surface area contributed by atoms with Crippen LogP contribution in [-0.4, -0.2) is 91.1 Å². The van der Waals surface area contributed by atoms with Crippen LogP contribution in [0.3, 0.4) is 0 Å². The van der Waals surface area contributed by atoms with Crippen molar-refractivity contribution in [2.75, 3.05) is 6.54 Å². The molecule has 30 heavy (non-hydrogen) atoms. The van der Waals surface area contributed by atoms with Gasteiger partial charge in [-0.3, -0.25) is 24.2 Å². The lowest BCUT2D eigenvalue weighted by Crippen LogP contribution is -2.69. The highest BCUT2D eigenvalue weighted by atomic mass is 16.4. The van der Waals surface area contributed by atoms with Crippen molar-refractivity contribution in [3.63, 3.8) is 0 Å². The van der Waals surface area contributed by atoms with Crippen LogP contribution in [0.15, 0.2) is 0 Å². The lowest BCUT2D eigenvalue weighted by atomic mass is 9.87. The maximum atomic E-state index is 13.3. The van der Waals surface area contributed by atoms with Gasteiger partial charge < -0.3 is 25.7 Å². The quantitative estimate of drug-likeness (QED) is 0.348. The number of carbonyl (C=O) groups excluding carboxylic acids is 3. The fourth-order valence-corrected chi connectivity index (χ4v) is 4.76. The van der Waals surface area contributed by atoms with Crippen molar-refractivity contribution in [3.8, 4) is 0 Å². The van der Waals surface area contributed by atoms with Gasteiger partial charge in [0.15, 0.2) is 12.1 Å². The van der Waals surface area contributed by atoms with E-state index in [1.165, 1.54) is 0 Å². The van der Waals surface area contributed by atoms with Gasteiger partial charge in [-0.05, 0) is 51.4 Å². The van der Waals surface area contributed by atoms with Crippen LogP contribution in [0, 0.1) is 5.92 Å². The minimum Gasteiger partial charge on any atom is -0.480 e. The molecule has 2 saturated carbocycles. The van der Waals surface area contributed by atoms with E-state index in [1.807, 2.05) is 0 Å². The second kappa shape index (κ2) is 9.27. The Morgan fingerprint density at radius 3 is 2.07 bits per heavy atom. The summed E-state index contributed by atoms with van der Waals surface area (Å²) < 4.78 is 0.